The Morgan fingerprint density at radius 1 is 1.29 bits per heavy atom. The monoisotopic (exact) mass is 282 g/mol. The Hall–Kier alpha value is -2.82. The van der Waals surface area contributed by atoms with E-state index >= 15 is 0 Å². The number of imidazole rings is 1. The van der Waals surface area contributed by atoms with E-state index in [0.717, 1.165) is 16.9 Å². The van der Waals surface area contributed by atoms with Crippen molar-refractivity contribution < 1.29 is 14.6 Å². The predicted octanol–water partition coefficient (Wildman–Crippen LogP) is 3.15. The highest BCUT2D eigenvalue weighted by atomic mass is 16.5. The van der Waals surface area contributed by atoms with Crippen LogP contribution in [0, 0.1) is 6.92 Å². The Labute approximate surface area is 121 Å². The maximum Gasteiger partial charge on any atom is 0.336 e. The maximum atomic E-state index is 11.1. The second-order valence-corrected chi connectivity index (χ2v) is 4.75. The summed E-state index contributed by atoms with van der Waals surface area (Å²) in [5.41, 5.74) is 2.68. The van der Waals surface area contributed by atoms with Gasteiger partial charge in [-0.25, -0.2) is 9.78 Å². The van der Waals surface area contributed by atoms with Crippen molar-refractivity contribution in [2.24, 2.45) is 0 Å². The van der Waals surface area contributed by atoms with Gasteiger partial charge >= 0.3 is 5.97 Å². The largest absolute Gasteiger partial charge is 0.489 e. The van der Waals surface area contributed by atoms with Crippen LogP contribution in [-0.2, 0) is 6.61 Å². The van der Waals surface area contributed by atoms with E-state index in [2.05, 4.69) is 9.97 Å². The number of ether oxygens (including phenoxy) is 1. The molecule has 0 aliphatic heterocycles. The zero-order valence-corrected chi connectivity index (χ0v) is 11.5. The first-order chi connectivity index (χ1) is 10.1. The van der Waals surface area contributed by atoms with Gasteiger partial charge in [0.15, 0.2) is 0 Å². The average molecular weight is 282 g/mol. The molecule has 2 aromatic carbocycles. The molecule has 21 heavy (non-hydrogen) atoms. The Kier molecular flexibility index (Phi) is 3.31. The lowest BCUT2D eigenvalue weighted by molar-refractivity contribution is 0.0694. The molecule has 0 fully saturated rings. The summed E-state index contributed by atoms with van der Waals surface area (Å²) in [5.74, 6) is 0.568. The van der Waals surface area contributed by atoms with Crippen LogP contribution >= 0.6 is 0 Å². The fraction of sp³-hybridized carbons (Fsp3) is 0.125. The molecule has 5 heteroatoms. The predicted molar refractivity (Wildman–Crippen MR) is 78.6 cm³/mol. The van der Waals surface area contributed by atoms with Crippen LogP contribution < -0.4 is 4.74 Å². The molecule has 0 aliphatic rings. The number of benzene rings is 2. The summed E-state index contributed by atoms with van der Waals surface area (Å²) in [5, 5.41) is 9.14. The van der Waals surface area contributed by atoms with Gasteiger partial charge in [0.1, 0.15) is 18.2 Å². The number of aryl methyl sites for hydroxylation is 1. The van der Waals surface area contributed by atoms with E-state index in [4.69, 9.17) is 9.84 Å². The van der Waals surface area contributed by atoms with Crippen molar-refractivity contribution in [3.05, 3.63) is 59.4 Å². The molecular weight excluding hydrogens is 268 g/mol. The molecule has 2 N–H and O–H groups in total. The first kappa shape index (κ1) is 13.2. The summed E-state index contributed by atoms with van der Waals surface area (Å²) in [6.07, 6.45) is 0. The van der Waals surface area contributed by atoms with Gasteiger partial charge in [-0.3, -0.25) is 0 Å². The third-order valence-corrected chi connectivity index (χ3v) is 3.21. The van der Waals surface area contributed by atoms with E-state index in [1.54, 1.807) is 24.3 Å². The molecule has 3 aromatic rings. The summed E-state index contributed by atoms with van der Waals surface area (Å²) in [6.45, 7) is 2.10. The minimum absolute atomic E-state index is 0.209. The van der Waals surface area contributed by atoms with Crippen LogP contribution in [0.25, 0.3) is 11.0 Å². The first-order valence-corrected chi connectivity index (χ1v) is 6.54. The minimum atomic E-state index is -0.950. The Morgan fingerprint density at radius 3 is 2.90 bits per heavy atom. The van der Waals surface area contributed by atoms with Gasteiger partial charge in [0.05, 0.1) is 16.6 Å². The van der Waals surface area contributed by atoms with E-state index in [1.165, 1.54) is 0 Å². The molecule has 3 rings (SSSR count). The molecule has 106 valence electrons. The van der Waals surface area contributed by atoms with E-state index in [9.17, 15) is 4.79 Å². The lowest BCUT2D eigenvalue weighted by Crippen LogP contribution is -2.05. The van der Waals surface area contributed by atoms with Crippen LogP contribution in [0.5, 0.6) is 5.75 Å². The van der Waals surface area contributed by atoms with Gasteiger partial charge in [0.2, 0.25) is 0 Å². The molecule has 5 nitrogen and oxygen atoms in total. The number of carboxylic acid groups (broad SMARTS) is 1. The van der Waals surface area contributed by atoms with Gasteiger partial charge in [-0.2, -0.15) is 0 Å². The quantitative estimate of drug-likeness (QED) is 0.770. The van der Waals surface area contributed by atoms with Crippen LogP contribution in [-0.4, -0.2) is 21.0 Å². The SMILES string of the molecule is Cc1nc2ccc(OCc3ccccc3C(=O)O)cc2[nH]1. The number of fused-ring (bicyclic) bond motifs is 1. The fourth-order valence-corrected chi connectivity index (χ4v) is 2.22. The molecule has 0 atom stereocenters. The average Bonchev–Trinajstić information content (AvgIpc) is 2.84. The number of hydrogen-bond acceptors (Lipinski definition) is 3. The zero-order chi connectivity index (χ0) is 14.8. The van der Waals surface area contributed by atoms with Gasteiger partial charge < -0.3 is 14.8 Å². The highest BCUT2D eigenvalue weighted by Crippen LogP contribution is 2.20. The smallest absolute Gasteiger partial charge is 0.336 e. The van der Waals surface area contributed by atoms with Gasteiger partial charge in [0.25, 0.3) is 0 Å². The summed E-state index contributed by atoms with van der Waals surface area (Å²) >= 11 is 0. The van der Waals surface area contributed by atoms with Crippen molar-refractivity contribution in [3.63, 3.8) is 0 Å². The molecule has 0 saturated heterocycles. The first-order valence-electron chi connectivity index (χ1n) is 6.54. The van der Waals surface area contributed by atoms with Crippen LogP contribution in [0.3, 0.4) is 0 Å². The summed E-state index contributed by atoms with van der Waals surface area (Å²) in [4.78, 5) is 18.6. The summed E-state index contributed by atoms with van der Waals surface area (Å²) in [7, 11) is 0. The van der Waals surface area contributed by atoms with Gasteiger partial charge in [-0.1, -0.05) is 18.2 Å². The Balaban J connectivity index is 1.81. The molecule has 0 amide bonds. The molecule has 0 radical (unpaired) electrons. The van der Waals surface area contributed by atoms with E-state index in [1.807, 2.05) is 25.1 Å². The number of nitrogens with zero attached hydrogens (tertiary/aromatic N) is 1. The van der Waals surface area contributed by atoms with Crippen molar-refractivity contribution in [2.75, 3.05) is 0 Å². The topological polar surface area (TPSA) is 75.2 Å². The van der Waals surface area contributed by atoms with E-state index in [0.29, 0.717) is 11.3 Å². The van der Waals surface area contributed by atoms with Crippen molar-refractivity contribution in [1.29, 1.82) is 0 Å². The number of rotatable bonds is 4. The Bertz CT molecular complexity index is 808. The second kappa shape index (κ2) is 5.28. The normalized spacial score (nSPS) is 10.7. The second-order valence-electron chi connectivity index (χ2n) is 4.75. The van der Waals surface area contributed by atoms with Crippen LogP contribution in [0.1, 0.15) is 21.7 Å². The van der Waals surface area contributed by atoms with Crippen LogP contribution in [0.4, 0.5) is 0 Å². The highest BCUT2D eigenvalue weighted by Gasteiger charge is 2.09. The molecule has 1 aromatic heterocycles. The number of aromatic nitrogens is 2. The van der Waals surface area contributed by atoms with Crippen molar-refractivity contribution >= 4 is 17.0 Å². The lowest BCUT2D eigenvalue weighted by Gasteiger charge is -2.08. The molecule has 0 saturated carbocycles. The van der Waals surface area contributed by atoms with Crippen LogP contribution in [0.2, 0.25) is 0 Å². The van der Waals surface area contributed by atoms with E-state index < -0.39 is 5.97 Å². The van der Waals surface area contributed by atoms with Crippen molar-refractivity contribution in [3.8, 4) is 5.75 Å². The number of hydrogen-bond donors (Lipinski definition) is 2. The third-order valence-electron chi connectivity index (χ3n) is 3.21. The van der Waals surface area contributed by atoms with Gasteiger partial charge in [0, 0.05) is 11.6 Å². The molecule has 1 heterocycles. The minimum Gasteiger partial charge on any atom is -0.489 e. The number of aromatic carboxylic acids is 1. The summed E-state index contributed by atoms with van der Waals surface area (Å²) in [6, 6.07) is 12.4. The molecule has 0 aliphatic carbocycles. The molecule has 0 bridgehead atoms. The summed E-state index contributed by atoms with van der Waals surface area (Å²) < 4.78 is 5.69. The highest BCUT2D eigenvalue weighted by molar-refractivity contribution is 5.89. The number of H-pyrrole nitrogens is 1. The molecule has 0 unspecified atom stereocenters. The fourth-order valence-electron chi connectivity index (χ4n) is 2.22. The number of aromatic amines is 1. The van der Waals surface area contributed by atoms with E-state index in [-0.39, 0.29) is 12.2 Å². The van der Waals surface area contributed by atoms with Gasteiger partial charge in [-0.05, 0) is 25.1 Å². The number of carboxylic acids is 1. The molecule has 0 spiro atoms. The number of nitrogens with one attached hydrogen (secondary N) is 1. The maximum absolute atomic E-state index is 11.1. The lowest BCUT2D eigenvalue weighted by atomic mass is 10.1. The number of carbonyl (C=O) groups is 1. The van der Waals surface area contributed by atoms with Crippen molar-refractivity contribution in [1.82, 2.24) is 9.97 Å². The zero-order valence-electron chi connectivity index (χ0n) is 11.5. The standard InChI is InChI=1S/C16H14N2O3/c1-10-17-14-7-6-12(8-15(14)18-10)21-9-11-4-2-3-5-13(11)16(19)20/h2-8H,9H2,1H3,(H,17,18)(H,19,20). The molecular formula is C16H14N2O3. The van der Waals surface area contributed by atoms with Gasteiger partial charge in [-0.15, -0.1) is 0 Å². The third kappa shape index (κ3) is 2.72. The Morgan fingerprint density at radius 2 is 2.10 bits per heavy atom. The van der Waals surface area contributed by atoms with Crippen molar-refractivity contribution in [2.45, 2.75) is 13.5 Å². The van der Waals surface area contributed by atoms with Crippen LogP contribution in [0.15, 0.2) is 42.5 Å².